The zero-order valence-corrected chi connectivity index (χ0v) is 9.00. The monoisotopic (exact) mass is 264 g/mol. The van der Waals surface area contributed by atoms with Crippen molar-refractivity contribution < 1.29 is 10.0 Å². The van der Waals surface area contributed by atoms with Gasteiger partial charge in [-0.05, 0) is 22.0 Å². The fraction of sp³-hybridized carbons (Fsp3) is 0.143. The molecule has 1 heterocycles. The van der Waals surface area contributed by atoms with E-state index < -0.39 is 5.91 Å². The van der Waals surface area contributed by atoms with E-state index in [9.17, 15) is 4.79 Å². The van der Waals surface area contributed by atoms with Crippen molar-refractivity contribution in [3.05, 3.63) is 27.5 Å². The first-order chi connectivity index (χ1) is 6.02. The lowest BCUT2D eigenvalue weighted by molar-refractivity contribution is -0.0375. The number of nitrogens with zero attached hydrogens (tertiary/aromatic N) is 2. The molecule has 1 amide bonds. The number of hydrogen-bond donors (Lipinski definition) is 1. The van der Waals surface area contributed by atoms with E-state index in [1.54, 1.807) is 0 Å². The summed E-state index contributed by atoms with van der Waals surface area (Å²) in [5.41, 5.74) is 0.269. The first kappa shape index (κ1) is 10.4. The normalized spacial score (nSPS) is 9.85. The van der Waals surface area contributed by atoms with E-state index in [-0.39, 0.29) is 10.7 Å². The molecular formula is C7H6BrClN2O2. The zero-order chi connectivity index (χ0) is 10.0. The molecule has 1 aromatic heterocycles. The molecule has 1 aromatic rings. The summed E-state index contributed by atoms with van der Waals surface area (Å²) in [6, 6.07) is 1.38. The number of aromatic nitrogens is 1. The second kappa shape index (κ2) is 4.04. The molecule has 0 saturated carbocycles. The standard InChI is InChI=1S/C7H6BrClN2O2/c1-11(13)7(12)4-2-6(9)10-3-5(4)8/h2-3,13H,1H3. The molecule has 0 unspecified atom stereocenters. The summed E-state index contributed by atoms with van der Waals surface area (Å²) in [6.07, 6.45) is 1.40. The van der Waals surface area contributed by atoms with E-state index in [0.29, 0.717) is 9.54 Å². The highest BCUT2D eigenvalue weighted by Crippen LogP contribution is 2.19. The lowest BCUT2D eigenvalue weighted by Gasteiger charge is -2.09. The Balaban J connectivity index is 3.13. The van der Waals surface area contributed by atoms with Crippen molar-refractivity contribution in [1.29, 1.82) is 0 Å². The Bertz CT molecular complexity index is 343. The van der Waals surface area contributed by atoms with Gasteiger partial charge in [-0.3, -0.25) is 10.0 Å². The van der Waals surface area contributed by atoms with Gasteiger partial charge in [0.15, 0.2) is 0 Å². The van der Waals surface area contributed by atoms with Gasteiger partial charge in [-0.15, -0.1) is 0 Å². The van der Waals surface area contributed by atoms with Crippen LogP contribution in [0.25, 0.3) is 0 Å². The van der Waals surface area contributed by atoms with Gasteiger partial charge in [-0.1, -0.05) is 11.6 Å². The molecule has 0 bridgehead atoms. The van der Waals surface area contributed by atoms with Crippen molar-refractivity contribution in [2.75, 3.05) is 7.05 Å². The van der Waals surface area contributed by atoms with Gasteiger partial charge in [0.1, 0.15) is 5.15 Å². The zero-order valence-electron chi connectivity index (χ0n) is 6.66. The second-order valence-corrected chi connectivity index (χ2v) is 3.56. The number of pyridine rings is 1. The Kier molecular flexibility index (Phi) is 3.24. The number of carbonyl (C=O) groups is 1. The smallest absolute Gasteiger partial charge is 0.278 e. The van der Waals surface area contributed by atoms with Crippen LogP contribution in [-0.4, -0.2) is 28.2 Å². The van der Waals surface area contributed by atoms with Gasteiger partial charge in [0.2, 0.25) is 0 Å². The van der Waals surface area contributed by atoms with E-state index in [0.717, 1.165) is 0 Å². The van der Waals surface area contributed by atoms with Gasteiger partial charge < -0.3 is 0 Å². The predicted octanol–water partition coefficient (Wildman–Crippen LogP) is 1.96. The fourth-order valence-corrected chi connectivity index (χ4v) is 1.30. The number of amides is 1. The summed E-state index contributed by atoms with van der Waals surface area (Å²) >= 11 is 8.70. The first-order valence-electron chi connectivity index (χ1n) is 3.30. The maximum Gasteiger partial charge on any atom is 0.278 e. The molecule has 0 radical (unpaired) electrons. The number of rotatable bonds is 1. The molecule has 0 spiro atoms. The van der Waals surface area contributed by atoms with E-state index in [4.69, 9.17) is 16.8 Å². The summed E-state index contributed by atoms with van der Waals surface area (Å²) in [4.78, 5) is 15.0. The van der Waals surface area contributed by atoms with Crippen LogP contribution in [0.5, 0.6) is 0 Å². The molecule has 0 atom stereocenters. The number of halogens is 2. The molecule has 1 rings (SSSR count). The number of carbonyl (C=O) groups excluding carboxylic acids is 1. The molecule has 4 nitrogen and oxygen atoms in total. The second-order valence-electron chi connectivity index (χ2n) is 2.32. The highest BCUT2D eigenvalue weighted by molar-refractivity contribution is 9.10. The van der Waals surface area contributed by atoms with Crippen molar-refractivity contribution in [1.82, 2.24) is 10.0 Å². The molecule has 0 aliphatic heterocycles. The topological polar surface area (TPSA) is 53.4 Å². The van der Waals surface area contributed by atoms with Crippen LogP contribution in [0.1, 0.15) is 10.4 Å². The van der Waals surface area contributed by atoms with Crippen LogP contribution in [0, 0.1) is 0 Å². The van der Waals surface area contributed by atoms with Crippen LogP contribution in [0.3, 0.4) is 0 Å². The molecule has 13 heavy (non-hydrogen) atoms. The lowest BCUT2D eigenvalue weighted by Crippen LogP contribution is -2.22. The van der Waals surface area contributed by atoms with Gasteiger partial charge in [-0.2, -0.15) is 0 Å². The minimum absolute atomic E-state index is 0.202. The molecule has 0 aliphatic rings. The Morgan fingerprint density at radius 1 is 1.77 bits per heavy atom. The van der Waals surface area contributed by atoms with E-state index in [1.165, 1.54) is 19.3 Å². The summed E-state index contributed by atoms with van der Waals surface area (Å²) in [6.45, 7) is 0. The highest BCUT2D eigenvalue weighted by Gasteiger charge is 2.13. The Hall–Kier alpha value is -0.650. The first-order valence-corrected chi connectivity index (χ1v) is 4.47. The minimum Gasteiger partial charge on any atom is -0.286 e. The number of hydrogen-bond acceptors (Lipinski definition) is 3. The fourth-order valence-electron chi connectivity index (χ4n) is 0.751. The highest BCUT2D eigenvalue weighted by atomic mass is 79.9. The quantitative estimate of drug-likeness (QED) is 0.480. The van der Waals surface area contributed by atoms with Crippen molar-refractivity contribution >= 4 is 33.4 Å². The third kappa shape index (κ3) is 2.40. The summed E-state index contributed by atoms with van der Waals surface area (Å²) in [7, 11) is 1.24. The molecule has 0 fully saturated rings. The Morgan fingerprint density at radius 3 is 2.92 bits per heavy atom. The molecule has 0 aliphatic carbocycles. The van der Waals surface area contributed by atoms with Gasteiger partial charge >= 0.3 is 0 Å². The Morgan fingerprint density at radius 2 is 2.38 bits per heavy atom. The van der Waals surface area contributed by atoms with Gasteiger partial charge in [0.25, 0.3) is 5.91 Å². The maximum absolute atomic E-state index is 11.3. The van der Waals surface area contributed by atoms with Crippen molar-refractivity contribution in [2.24, 2.45) is 0 Å². The van der Waals surface area contributed by atoms with Crippen molar-refractivity contribution in [3.8, 4) is 0 Å². The minimum atomic E-state index is -0.545. The predicted molar refractivity (Wildman–Crippen MR) is 50.8 cm³/mol. The molecule has 6 heteroatoms. The largest absolute Gasteiger partial charge is 0.286 e. The molecule has 70 valence electrons. The molecular weight excluding hydrogens is 259 g/mol. The van der Waals surface area contributed by atoms with Gasteiger partial charge in [0, 0.05) is 17.7 Å². The maximum atomic E-state index is 11.3. The van der Waals surface area contributed by atoms with Gasteiger partial charge in [0.05, 0.1) is 5.56 Å². The number of hydroxylamine groups is 2. The van der Waals surface area contributed by atoms with Crippen LogP contribution >= 0.6 is 27.5 Å². The van der Waals surface area contributed by atoms with Crippen LogP contribution in [-0.2, 0) is 0 Å². The summed E-state index contributed by atoms with van der Waals surface area (Å²) in [5, 5.41) is 9.57. The van der Waals surface area contributed by atoms with Crippen LogP contribution in [0.4, 0.5) is 0 Å². The summed E-state index contributed by atoms with van der Waals surface area (Å²) < 4.78 is 0.489. The summed E-state index contributed by atoms with van der Waals surface area (Å²) in [5.74, 6) is -0.545. The van der Waals surface area contributed by atoms with E-state index in [1.807, 2.05) is 0 Å². The van der Waals surface area contributed by atoms with Crippen molar-refractivity contribution in [2.45, 2.75) is 0 Å². The third-order valence-corrected chi connectivity index (χ3v) is 2.18. The van der Waals surface area contributed by atoms with E-state index >= 15 is 0 Å². The average Bonchev–Trinajstić information content (AvgIpc) is 2.08. The van der Waals surface area contributed by atoms with Crippen LogP contribution in [0.2, 0.25) is 5.15 Å². The average molecular weight is 265 g/mol. The van der Waals surface area contributed by atoms with Crippen molar-refractivity contribution in [3.63, 3.8) is 0 Å². The SMILES string of the molecule is CN(O)C(=O)c1cc(Cl)ncc1Br. The van der Waals surface area contributed by atoms with E-state index in [2.05, 4.69) is 20.9 Å². The Labute approximate surface area is 88.2 Å². The molecule has 1 N–H and O–H groups in total. The lowest BCUT2D eigenvalue weighted by atomic mass is 10.2. The van der Waals surface area contributed by atoms with Crippen LogP contribution in [0.15, 0.2) is 16.7 Å². The van der Waals surface area contributed by atoms with Crippen LogP contribution < -0.4 is 0 Å². The van der Waals surface area contributed by atoms with Gasteiger partial charge in [-0.25, -0.2) is 10.0 Å². The molecule has 0 saturated heterocycles. The molecule has 0 aromatic carbocycles. The third-order valence-electron chi connectivity index (χ3n) is 1.35.